The van der Waals surface area contributed by atoms with E-state index in [1.54, 1.807) is 10.9 Å². The number of nitrogens with zero attached hydrogens (tertiary/aromatic N) is 6. The number of piperidine rings is 1. The lowest BCUT2D eigenvalue weighted by atomic mass is 9.90. The molecule has 32 heavy (non-hydrogen) atoms. The molecule has 0 aliphatic carbocycles. The summed E-state index contributed by atoms with van der Waals surface area (Å²) in [5, 5.41) is 4.17. The van der Waals surface area contributed by atoms with Crippen molar-refractivity contribution in [3.05, 3.63) is 54.6 Å². The van der Waals surface area contributed by atoms with E-state index in [1.165, 1.54) is 0 Å². The predicted molar refractivity (Wildman–Crippen MR) is 124 cm³/mol. The summed E-state index contributed by atoms with van der Waals surface area (Å²) in [5.74, 6) is 1.75. The van der Waals surface area contributed by atoms with Crippen LogP contribution < -0.4 is 9.64 Å². The number of aromatic nitrogens is 4. The fourth-order valence-electron chi connectivity index (χ4n) is 4.09. The third-order valence-corrected chi connectivity index (χ3v) is 5.70. The van der Waals surface area contributed by atoms with Crippen LogP contribution in [0.1, 0.15) is 31.4 Å². The molecule has 1 fully saturated rings. The van der Waals surface area contributed by atoms with Crippen LogP contribution in [0.3, 0.4) is 0 Å². The summed E-state index contributed by atoms with van der Waals surface area (Å²) in [7, 11) is 3.88. The Morgan fingerprint density at radius 3 is 2.75 bits per heavy atom. The van der Waals surface area contributed by atoms with Gasteiger partial charge in [0.1, 0.15) is 12.3 Å². The molecule has 1 aliphatic heterocycles. The Morgan fingerprint density at radius 1 is 1.25 bits per heavy atom. The van der Waals surface area contributed by atoms with E-state index in [4.69, 9.17) is 9.72 Å². The maximum absolute atomic E-state index is 12.9. The summed E-state index contributed by atoms with van der Waals surface area (Å²) in [6.07, 6.45) is 7.34. The van der Waals surface area contributed by atoms with Gasteiger partial charge in [-0.05, 0) is 43.5 Å². The highest BCUT2D eigenvalue weighted by Crippen LogP contribution is 2.34. The first-order valence-corrected chi connectivity index (χ1v) is 11.1. The Bertz CT molecular complexity index is 1030. The highest BCUT2D eigenvalue weighted by atomic mass is 16.5. The standard InChI is InChI=1S/C24H30N6O2/c1-4-32-20-10-8-18(9-11-20)21-15-25-24(28(2)3)27-23(21)19-7-5-13-29(16-19)22(31)17-30-14-6-12-26-30/h6,8-12,14-15,19H,4-5,7,13,16-17H2,1-3H3. The fourth-order valence-corrected chi connectivity index (χ4v) is 4.09. The summed E-state index contributed by atoms with van der Waals surface area (Å²) in [6, 6.07) is 9.88. The van der Waals surface area contributed by atoms with Crippen molar-refractivity contribution < 1.29 is 9.53 Å². The molecule has 1 atom stereocenters. The predicted octanol–water partition coefficient (Wildman–Crippen LogP) is 3.21. The highest BCUT2D eigenvalue weighted by Gasteiger charge is 2.28. The third kappa shape index (κ3) is 4.90. The monoisotopic (exact) mass is 434 g/mol. The Morgan fingerprint density at radius 2 is 2.06 bits per heavy atom. The van der Waals surface area contributed by atoms with Gasteiger partial charge in [0.15, 0.2) is 0 Å². The van der Waals surface area contributed by atoms with Crippen molar-refractivity contribution in [3.8, 4) is 16.9 Å². The molecule has 1 saturated heterocycles. The number of hydrogen-bond donors (Lipinski definition) is 0. The van der Waals surface area contributed by atoms with E-state index >= 15 is 0 Å². The van der Waals surface area contributed by atoms with Gasteiger partial charge in [0.05, 0.1) is 12.3 Å². The van der Waals surface area contributed by atoms with Gasteiger partial charge in [0.25, 0.3) is 0 Å². The van der Waals surface area contributed by atoms with E-state index in [-0.39, 0.29) is 18.4 Å². The maximum atomic E-state index is 12.9. The van der Waals surface area contributed by atoms with Crippen molar-refractivity contribution in [2.75, 3.05) is 38.7 Å². The Hall–Kier alpha value is -3.42. The molecule has 1 aromatic carbocycles. The van der Waals surface area contributed by atoms with Gasteiger partial charge >= 0.3 is 0 Å². The third-order valence-electron chi connectivity index (χ3n) is 5.70. The number of rotatable bonds is 7. The van der Waals surface area contributed by atoms with Crippen LogP contribution in [0.15, 0.2) is 48.9 Å². The van der Waals surface area contributed by atoms with Crippen molar-refractivity contribution in [2.24, 2.45) is 0 Å². The van der Waals surface area contributed by atoms with Crippen LogP contribution in [0.5, 0.6) is 5.75 Å². The lowest BCUT2D eigenvalue weighted by molar-refractivity contribution is -0.133. The molecule has 168 valence electrons. The van der Waals surface area contributed by atoms with Crippen molar-refractivity contribution in [1.82, 2.24) is 24.6 Å². The molecular weight excluding hydrogens is 404 g/mol. The number of ether oxygens (including phenoxy) is 1. The second kappa shape index (κ2) is 9.80. The topological polar surface area (TPSA) is 76.4 Å². The number of likely N-dealkylation sites (tertiary alicyclic amines) is 1. The minimum absolute atomic E-state index is 0.0860. The lowest BCUT2D eigenvalue weighted by Crippen LogP contribution is -2.41. The van der Waals surface area contributed by atoms with E-state index in [0.717, 1.165) is 42.0 Å². The largest absolute Gasteiger partial charge is 0.494 e. The number of amides is 1. The molecule has 8 heteroatoms. The summed E-state index contributed by atoms with van der Waals surface area (Å²) in [4.78, 5) is 26.2. The molecule has 0 bridgehead atoms. The maximum Gasteiger partial charge on any atom is 0.244 e. The van der Waals surface area contributed by atoms with Crippen LogP contribution in [0.4, 0.5) is 5.95 Å². The van der Waals surface area contributed by atoms with Gasteiger partial charge in [-0.2, -0.15) is 5.10 Å². The van der Waals surface area contributed by atoms with Crippen LogP contribution in [-0.2, 0) is 11.3 Å². The van der Waals surface area contributed by atoms with Gasteiger partial charge in [-0.25, -0.2) is 9.97 Å². The average molecular weight is 435 g/mol. The SMILES string of the molecule is CCOc1ccc(-c2cnc(N(C)C)nc2C2CCCN(C(=O)Cn3cccn3)C2)cc1. The lowest BCUT2D eigenvalue weighted by Gasteiger charge is -2.33. The molecule has 0 saturated carbocycles. The van der Waals surface area contributed by atoms with E-state index in [1.807, 2.05) is 73.5 Å². The summed E-state index contributed by atoms with van der Waals surface area (Å²) >= 11 is 0. The molecule has 4 rings (SSSR count). The van der Waals surface area contributed by atoms with E-state index < -0.39 is 0 Å². The van der Waals surface area contributed by atoms with Gasteiger partial charge in [-0.15, -0.1) is 0 Å². The smallest absolute Gasteiger partial charge is 0.244 e. The molecule has 1 unspecified atom stereocenters. The van der Waals surface area contributed by atoms with Crippen LogP contribution in [-0.4, -0.2) is 64.3 Å². The van der Waals surface area contributed by atoms with Crippen LogP contribution in [0.2, 0.25) is 0 Å². The molecule has 0 spiro atoms. The molecule has 1 aliphatic rings. The minimum atomic E-state index is 0.0860. The van der Waals surface area contributed by atoms with Crippen molar-refractivity contribution >= 4 is 11.9 Å². The normalized spacial score (nSPS) is 16.1. The molecular formula is C24H30N6O2. The zero-order valence-electron chi connectivity index (χ0n) is 18.9. The number of anilines is 1. The number of benzene rings is 1. The molecule has 0 N–H and O–H groups in total. The second-order valence-electron chi connectivity index (χ2n) is 8.20. The molecule has 1 amide bonds. The number of hydrogen-bond acceptors (Lipinski definition) is 6. The molecule has 3 aromatic rings. The quantitative estimate of drug-likeness (QED) is 0.568. The first kappa shape index (κ1) is 21.8. The van der Waals surface area contributed by atoms with Gasteiger partial charge in [-0.3, -0.25) is 9.48 Å². The Labute approximate surface area is 188 Å². The average Bonchev–Trinajstić information content (AvgIpc) is 3.32. The number of carbonyl (C=O) groups excluding carboxylic acids is 1. The molecule has 2 aromatic heterocycles. The van der Waals surface area contributed by atoms with Gasteiger partial charge in [-0.1, -0.05) is 12.1 Å². The summed E-state index contributed by atoms with van der Waals surface area (Å²) in [6.45, 7) is 4.28. The fraction of sp³-hybridized carbons (Fsp3) is 0.417. The Balaban J connectivity index is 1.61. The summed E-state index contributed by atoms with van der Waals surface area (Å²) < 4.78 is 7.26. The van der Waals surface area contributed by atoms with E-state index in [0.29, 0.717) is 19.1 Å². The summed E-state index contributed by atoms with van der Waals surface area (Å²) in [5.41, 5.74) is 3.04. The van der Waals surface area contributed by atoms with Gasteiger partial charge < -0.3 is 14.5 Å². The molecule has 0 radical (unpaired) electrons. The zero-order valence-corrected chi connectivity index (χ0v) is 18.9. The van der Waals surface area contributed by atoms with Crippen molar-refractivity contribution in [2.45, 2.75) is 32.2 Å². The zero-order chi connectivity index (χ0) is 22.5. The second-order valence-corrected chi connectivity index (χ2v) is 8.20. The van der Waals surface area contributed by atoms with Crippen molar-refractivity contribution in [3.63, 3.8) is 0 Å². The van der Waals surface area contributed by atoms with E-state index in [2.05, 4.69) is 10.1 Å². The van der Waals surface area contributed by atoms with Gasteiger partial charge in [0.2, 0.25) is 11.9 Å². The first-order valence-electron chi connectivity index (χ1n) is 11.1. The molecule has 3 heterocycles. The minimum Gasteiger partial charge on any atom is -0.494 e. The van der Waals surface area contributed by atoms with Crippen molar-refractivity contribution in [1.29, 1.82) is 0 Å². The van der Waals surface area contributed by atoms with Crippen LogP contribution in [0.25, 0.3) is 11.1 Å². The first-order chi connectivity index (χ1) is 15.5. The molecule has 8 nitrogen and oxygen atoms in total. The van der Waals surface area contributed by atoms with Crippen LogP contribution >= 0.6 is 0 Å². The van der Waals surface area contributed by atoms with Crippen LogP contribution in [0, 0.1) is 0 Å². The van der Waals surface area contributed by atoms with E-state index in [9.17, 15) is 4.79 Å². The highest BCUT2D eigenvalue weighted by molar-refractivity contribution is 5.76. The Kier molecular flexibility index (Phi) is 6.68. The van der Waals surface area contributed by atoms with Gasteiger partial charge in [0, 0.05) is 57.3 Å². The number of carbonyl (C=O) groups is 1.